The van der Waals surface area contributed by atoms with Crippen LogP contribution in [-0.2, 0) is 9.59 Å². The summed E-state index contributed by atoms with van der Waals surface area (Å²) in [6.07, 6.45) is 2.52. The highest BCUT2D eigenvalue weighted by Gasteiger charge is 2.25. The van der Waals surface area contributed by atoms with E-state index >= 15 is 0 Å². The molecule has 38 heavy (non-hydrogen) atoms. The summed E-state index contributed by atoms with van der Waals surface area (Å²) in [6, 6.07) is 11.4. The van der Waals surface area contributed by atoms with Crippen LogP contribution in [0.25, 0.3) is 22.1 Å². The minimum absolute atomic E-state index is 0.0296. The van der Waals surface area contributed by atoms with E-state index in [0.29, 0.717) is 22.1 Å². The van der Waals surface area contributed by atoms with Crippen molar-refractivity contribution in [2.24, 2.45) is 0 Å². The highest BCUT2D eigenvalue weighted by molar-refractivity contribution is 8.76. The molecule has 2 amide bonds. The Bertz CT molecular complexity index is 1410. The summed E-state index contributed by atoms with van der Waals surface area (Å²) in [6.45, 7) is 0. The van der Waals surface area contributed by atoms with Crippen molar-refractivity contribution in [1.29, 1.82) is 0 Å². The number of carboxylic acid groups (broad SMARTS) is 2. The summed E-state index contributed by atoms with van der Waals surface area (Å²) in [5.74, 6) is -4.06. The average Bonchev–Trinajstić information content (AvgIpc) is 2.92. The maximum atomic E-state index is 12.5. The van der Waals surface area contributed by atoms with Crippen LogP contribution in [0.15, 0.2) is 60.9 Å². The van der Waals surface area contributed by atoms with Crippen LogP contribution in [0.3, 0.4) is 0 Å². The molecule has 2 aromatic carbocycles. The Balaban J connectivity index is 1.30. The lowest BCUT2D eigenvalue weighted by atomic mass is 10.2. The Hall–Kier alpha value is -4.30. The molecule has 4 N–H and O–H groups in total. The van der Waals surface area contributed by atoms with Gasteiger partial charge in [-0.2, -0.15) is 0 Å². The molecule has 0 aliphatic rings. The lowest BCUT2D eigenvalue weighted by Crippen LogP contribution is -2.43. The van der Waals surface area contributed by atoms with E-state index in [1.807, 2.05) is 0 Å². The van der Waals surface area contributed by atoms with Gasteiger partial charge in [0, 0.05) is 11.5 Å². The van der Waals surface area contributed by atoms with E-state index in [4.69, 9.17) is 0 Å². The van der Waals surface area contributed by atoms with Crippen LogP contribution in [0.4, 0.5) is 0 Å². The molecule has 0 saturated heterocycles. The van der Waals surface area contributed by atoms with Gasteiger partial charge in [0.15, 0.2) is 0 Å². The molecule has 14 heteroatoms. The largest absolute Gasteiger partial charge is 0.480 e. The standard InChI is InChI=1S/C24H20N6O6S2/c31-21(17-9-25-13-5-1-3-7-15(13)27-17)29-19(23(33)34)11-37-38-12-20(24(35)36)30-22(32)18-10-26-14-6-2-4-8-16(14)28-18/h1-10,19-20H,11-12H2,(H,29,31)(H,30,32)(H,33,34)(H,35,36)/t19-,20-/m0/s1. The number of benzene rings is 2. The van der Waals surface area contributed by atoms with Crippen LogP contribution in [-0.4, -0.2) is 77.5 Å². The Morgan fingerprint density at radius 2 is 1.03 bits per heavy atom. The number of carbonyl (C=O) groups is 4. The monoisotopic (exact) mass is 552 g/mol. The van der Waals surface area contributed by atoms with Crippen molar-refractivity contribution in [3.05, 3.63) is 72.3 Å². The zero-order valence-corrected chi connectivity index (χ0v) is 21.1. The molecule has 12 nitrogen and oxygen atoms in total. The molecule has 2 heterocycles. The fourth-order valence-electron chi connectivity index (χ4n) is 3.18. The summed E-state index contributed by atoms with van der Waals surface area (Å²) >= 11 is 0. The van der Waals surface area contributed by atoms with Gasteiger partial charge >= 0.3 is 11.9 Å². The number of amides is 2. The Morgan fingerprint density at radius 1 is 0.658 bits per heavy atom. The smallest absolute Gasteiger partial charge is 0.327 e. The van der Waals surface area contributed by atoms with Crippen LogP contribution >= 0.6 is 21.6 Å². The van der Waals surface area contributed by atoms with Crippen LogP contribution in [0.5, 0.6) is 0 Å². The lowest BCUT2D eigenvalue weighted by molar-refractivity contribution is -0.139. The maximum absolute atomic E-state index is 12.5. The number of rotatable bonds is 11. The number of fused-ring (bicyclic) bond motifs is 2. The van der Waals surface area contributed by atoms with Crippen molar-refractivity contribution in [1.82, 2.24) is 30.6 Å². The first kappa shape index (κ1) is 26.8. The van der Waals surface area contributed by atoms with E-state index < -0.39 is 35.8 Å². The van der Waals surface area contributed by atoms with Gasteiger partial charge in [-0.25, -0.2) is 19.6 Å². The van der Waals surface area contributed by atoms with Gasteiger partial charge in [0.05, 0.1) is 34.5 Å². The van der Waals surface area contributed by atoms with Gasteiger partial charge in [0.2, 0.25) is 0 Å². The third-order valence-electron chi connectivity index (χ3n) is 5.12. The molecule has 0 aliphatic carbocycles. The van der Waals surface area contributed by atoms with Gasteiger partial charge in [-0.15, -0.1) is 0 Å². The molecular formula is C24H20N6O6S2. The predicted octanol–water partition coefficient (Wildman–Crippen LogP) is 2.02. The first-order valence-corrected chi connectivity index (χ1v) is 13.6. The fraction of sp³-hybridized carbons (Fsp3) is 0.167. The van der Waals surface area contributed by atoms with Crippen molar-refractivity contribution in [2.45, 2.75) is 12.1 Å². The van der Waals surface area contributed by atoms with E-state index in [0.717, 1.165) is 21.6 Å². The molecule has 0 aliphatic heterocycles. The maximum Gasteiger partial charge on any atom is 0.327 e. The van der Waals surface area contributed by atoms with E-state index in [9.17, 15) is 29.4 Å². The molecule has 4 aromatic rings. The molecule has 194 valence electrons. The molecule has 0 radical (unpaired) electrons. The Kier molecular flexibility index (Phi) is 8.66. The number of carbonyl (C=O) groups excluding carboxylic acids is 2. The second-order valence-electron chi connectivity index (χ2n) is 7.79. The SMILES string of the molecule is O=C(N[C@@H](CSSC[C@H](NC(=O)c1cnc2ccccc2n1)C(=O)O)C(=O)O)c1cnc2ccccc2n1. The number of nitrogens with one attached hydrogen (secondary N) is 2. The quantitative estimate of drug-likeness (QED) is 0.157. The highest BCUT2D eigenvalue weighted by atomic mass is 33.1. The Labute approximate surface area is 223 Å². The summed E-state index contributed by atoms with van der Waals surface area (Å²) in [5, 5.41) is 23.8. The summed E-state index contributed by atoms with van der Waals surface area (Å²) in [4.78, 5) is 65.1. The topological polar surface area (TPSA) is 184 Å². The van der Waals surface area contributed by atoms with Crippen LogP contribution in [0, 0.1) is 0 Å². The second-order valence-corrected chi connectivity index (χ2v) is 10.3. The minimum Gasteiger partial charge on any atom is -0.480 e. The lowest BCUT2D eigenvalue weighted by Gasteiger charge is -2.16. The third-order valence-corrected chi connectivity index (χ3v) is 7.54. The van der Waals surface area contributed by atoms with Gasteiger partial charge in [-0.05, 0) is 24.3 Å². The first-order chi connectivity index (χ1) is 18.3. The molecule has 0 bridgehead atoms. The number of hydrogen-bond acceptors (Lipinski definition) is 10. The fourth-order valence-corrected chi connectivity index (χ4v) is 5.49. The Morgan fingerprint density at radius 3 is 1.39 bits per heavy atom. The molecule has 2 atom stereocenters. The number of aliphatic carboxylic acids is 2. The first-order valence-electron chi connectivity index (χ1n) is 11.1. The van der Waals surface area contributed by atoms with Gasteiger partial charge in [-0.3, -0.25) is 19.6 Å². The van der Waals surface area contributed by atoms with E-state index in [2.05, 4.69) is 30.6 Å². The number of hydrogen-bond donors (Lipinski definition) is 4. The molecule has 0 unspecified atom stereocenters. The molecule has 4 rings (SSSR count). The van der Waals surface area contributed by atoms with E-state index in [1.54, 1.807) is 48.5 Å². The molecule has 0 fully saturated rings. The summed E-state index contributed by atoms with van der Waals surface area (Å²) in [7, 11) is 2.08. The van der Waals surface area contributed by atoms with E-state index in [-0.39, 0.29) is 22.9 Å². The molecule has 2 aromatic heterocycles. The summed E-state index contributed by atoms with van der Waals surface area (Å²) in [5.41, 5.74) is 2.12. The molecule has 0 spiro atoms. The average molecular weight is 553 g/mol. The zero-order valence-electron chi connectivity index (χ0n) is 19.5. The highest BCUT2D eigenvalue weighted by Crippen LogP contribution is 2.23. The number of para-hydroxylation sites is 4. The second kappa shape index (κ2) is 12.3. The number of nitrogens with zero attached hydrogens (tertiary/aromatic N) is 4. The minimum atomic E-state index is -1.27. The van der Waals surface area contributed by atoms with Crippen molar-refractivity contribution in [2.75, 3.05) is 11.5 Å². The van der Waals surface area contributed by atoms with Gasteiger partial charge in [0.1, 0.15) is 23.5 Å². The van der Waals surface area contributed by atoms with Gasteiger partial charge in [-0.1, -0.05) is 45.9 Å². The van der Waals surface area contributed by atoms with Crippen LogP contribution in [0.2, 0.25) is 0 Å². The van der Waals surface area contributed by atoms with Crippen molar-refractivity contribution >= 4 is 67.4 Å². The number of aromatic nitrogens is 4. The molecule has 0 saturated carbocycles. The van der Waals surface area contributed by atoms with Crippen molar-refractivity contribution in [3.63, 3.8) is 0 Å². The third kappa shape index (κ3) is 6.72. The van der Waals surface area contributed by atoms with Crippen molar-refractivity contribution < 1.29 is 29.4 Å². The van der Waals surface area contributed by atoms with Crippen molar-refractivity contribution in [3.8, 4) is 0 Å². The van der Waals surface area contributed by atoms with Crippen LogP contribution in [0.1, 0.15) is 21.0 Å². The van der Waals surface area contributed by atoms with Crippen LogP contribution < -0.4 is 10.6 Å². The van der Waals surface area contributed by atoms with E-state index in [1.165, 1.54) is 12.4 Å². The predicted molar refractivity (Wildman–Crippen MR) is 142 cm³/mol. The normalized spacial score (nSPS) is 12.5. The summed E-state index contributed by atoms with van der Waals surface area (Å²) < 4.78 is 0. The molecular weight excluding hydrogens is 532 g/mol. The number of carboxylic acids is 2. The van der Waals surface area contributed by atoms with Gasteiger partial charge < -0.3 is 20.8 Å². The zero-order chi connectivity index (χ0) is 27.1. The van der Waals surface area contributed by atoms with Gasteiger partial charge in [0.25, 0.3) is 11.8 Å².